The van der Waals surface area contributed by atoms with Crippen LogP contribution in [0, 0.1) is 0 Å². The van der Waals surface area contributed by atoms with E-state index in [1.807, 2.05) is 0 Å². The van der Waals surface area contributed by atoms with Gasteiger partial charge in [0, 0.05) is 0 Å². The Bertz CT molecular complexity index is 167. The average Bonchev–Trinajstić information content (AvgIpc) is 2.37. The van der Waals surface area contributed by atoms with Gasteiger partial charge in [-0.05, 0) is 0 Å². The van der Waals surface area contributed by atoms with E-state index in [0.29, 0.717) is 0 Å². The van der Waals surface area contributed by atoms with Crippen molar-refractivity contribution in [1.29, 1.82) is 0 Å². The van der Waals surface area contributed by atoms with Gasteiger partial charge in [0.05, 0.1) is 0 Å². The molecule has 0 heterocycles. The summed E-state index contributed by atoms with van der Waals surface area (Å²) >= 11 is -1.31. The van der Waals surface area contributed by atoms with Crippen LogP contribution in [-0.2, 0) is 13.2 Å². The second kappa shape index (κ2) is 7.70. The van der Waals surface area contributed by atoms with Gasteiger partial charge in [-0.2, -0.15) is 0 Å². The topological polar surface area (TPSA) is 13.0 Å². The van der Waals surface area contributed by atoms with Crippen LogP contribution in [0.2, 0.25) is 0 Å². The van der Waals surface area contributed by atoms with Crippen LogP contribution in [0.25, 0.3) is 0 Å². The van der Waals surface area contributed by atoms with Crippen LogP contribution in [-0.4, -0.2) is 70.3 Å². The summed E-state index contributed by atoms with van der Waals surface area (Å²) in [5.74, 6) is 0. The van der Waals surface area contributed by atoms with Gasteiger partial charge in [-0.1, -0.05) is 0 Å². The van der Waals surface area contributed by atoms with Gasteiger partial charge < -0.3 is 0 Å². The summed E-state index contributed by atoms with van der Waals surface area (Å²) in [6.45, 7) is 13.2. The van der Waals surface area contributed by atoms with Crippen molar-refractivity contribution >= 4 is 0 Å². The van der Waals surface area contributed by atoms with Crippen LogP contribution in [0.1, 0.15) is 27.7 Å². The number of rotatable bonds is 8. The molecule has 0 radical (unpaired) electrons. The van der Waals surface area contributed by atoms with Crippen molar-refractivity contribution in [2.75, 3.05) is 54.4 Å². The molecular formula is C12H32N4Ni. The minimum absolute atomic E-state index is 1.07. The molecule has 0 saturated heterocycles. The van der Waals surface area contributed by atoms with E-state index in [0.717, 1.165) is 26.2 Å². The fourth-order valence-corrected chi connectivity index (χ4v) is 6.77. The number of hydrogen-bond acceptors (Lipinski definition) is 4. The Morgan fingerprint density at radius 3 is 0.824 bits per heavy atom. The van der Waals surface area contributed by atoms with Gasteiger partial charge in [-0.25, -0.2) is 0 Å². The summed E-state index contributed by atoms with van der Waals surface area (Å²) in [7, 11) is 8.96. The van der Waals surface area contributed by atoms with Gasteiger partial charge in [0.2, 0.25) is 0 Å². The molecule has 0 atom stereocenters. The maximum atomic E-state index is 2.50. The molecule has 0 fully saturated rings. The van der Waals surface area contributed by atoms with Crippen molar-refractivity contribution < 1.29 is 13.2 Å². The monoisotopic (exact) mass is 290 g/mol. The third-order valence-electron chi connectivity index (χ3n) is 2.96. The molecule has 0 aliphatic rings. The molecule has 17 heavy (non-hydrogen) atoms. The predicted octanol–water partition coefficient (Wildman–Crippen LogP) is 1.61. The van der Waals surface area contributed by atoms with E-state index >= 15 is 0 Å². The zero-order valence-electron chi connectivity index (χ0n) is 12.9. The zero-order chi connectivity index (χ0) is 13.6. The molecule has 0 aliphatic heterocycles. The third kappa shape index (κ3) is 3.21. The fraction of sp³-hybridized carbons (Fsp3) is 1.00. The van der Waals surface area contributed by atoms with E-state index in [1.165, 1.54) is 0 Å². The van der Waals surface area contributed by atoms with Gasteiger partial charge in [0.1, 0.15) is 0 Å². The molecule has 0 bridgehead atoms. The van der Waals surface area contributed by atoms with Crippen molar-refractivity contribution in [1.82, 2.24) is 15.9 Å². The van der Waals surface area contributed by atoms with Crippen molar-refractivity contribution in [3.63, 3.8) is 0 Å². The standard InChI is InChI=1S/4C3H8N.Ni/c4*1-3-4-2;/h4*3H2,1-2H3;/q4*-1;+4. The Morgan fingerprint density at radius 1 is 0.529 bits per heavy atom. The molecule has 4 nitrogen and oxygen atoms in total. The van der Waals surface area contributed by atoms with Crippen LogP contribution in [0.4, 0.5) is 0 Å². The van der Waals surface area contributed by atoms with Crippen molar-refractivity contribution in [2.45, 2.75) is 27.7 Å². The predicted molar refractivity (Wildman–Crippen MR) is 73.2 cm³/mol. The molecular weight excluding hydrogens is 259 g/mol. The van der Waals surface area contributed by atoms with Gasteiger partial charge in [-0.3, -0.25) is 0 Å². The average molecular weight is 291 g/mol. The quantitative estimate of drug-likeness (QED) is 0.630. The molecule has 0 aromatic carbocycles. The minimum atomic E-state index is -1.31. The summed E-state index contributed by atoms with van der Waals surface area (Å²) < 4.78 is 10.0. The Labute approximate surface area is 111 Å². The summed E-state index contributed by atoms with van der Waals surface area (Å²) in [4.78, 5) is 0. The van der Waals surface area contributed by atoms with Gasteiger partial charge in [0.15, 0.2) is 0 Å². The molecule has 0 aromatic rings. The molecule has 110 valence electrons. The van der Waals surface area contributed by atoms with Crippen LogP contribution in [0.5, 0.6) is 0 Å². The van der Waals surface area contributed by atoms with Crippen molar-refractivity contribution in [3.8, 4) is 0 Å². The normalized spacial score (nSPS) is 14.4. The first-order valence-electron chi connectivity index (χ1n) is 6.45. The molecule has 0 aliphatic carbocycles. The second-order valence-corrected chi connectivity index (χ2v) is 8.08. The maximum absolute atomic E-state index is 2.50. The molecule has 0 saturated carbocycles. The van der Waals surface area contributed by atoms with Crippen LogP contribution in [0.15, 0.2) is 0 Å². The van der Waals surface area contributed by atoms with Crippen molar-refractivity contribution in [2.24, 2.45) is 0 Å². The summed E-state index contributed by atoms with van der Waals surface area (Å²) in [6, 6.07) is 0. The molecule has 0 rings (SSSR count). The molecule has 0 spiro atoms. The van der Waals surface area contributed by atoms with Gasteiger partial charge in [0.25, 0.3) is 0 Å². The zero-order valence-corrected chi connectivity index (χ0v) is 13.9. The molecule has 5 heteroatoms. The molecule has 0 amide bonds. The Balaban J connectivity index is 5.51. The summed E-state index contributed by atoms with van der Waals surface area (Å²) in [5, 5.41) is 0. The van der Waals surface area contributed by atoms with E-state index in [-0.39, 0.29) is 0 Å². The second-order valence-electron chi connectivity index (χ2n) is 3.87. The Kier molecular flexibility index (Phi) is 7.85. The van der Waals surface area contributed by atoms with Gasteiger partial charge in [-0.15, -0.1) is 0 Å². The van der Waals surface area contributed by atoms with E-state index < -0.39 is 13.2 Å². The third-order valence-corrected chi connectivity index (χ3v) is 8.26. The Morgan fingerprint density at radius 2 is 0.706 bits per heavy atom. The fourth-order valence-electron chi connectivity index (χ4n) is 1.64. The first-order chi connectivity index (χ1) is 7.93. The van der Waals surface area contributed by atoms with Crippen molar-refractivity contribution in [3.05, 3.63) is 0 Å². The Hall–Kier alpha value is 0.334. The first kappa shape index (κ1) is 17.3. The number of nitrogens with zero attached hydrogens (tertiary/aromatic N) is 4. The van der Waals surface area contributed by atoms with Crippen LogP contribution in [0.3, 0.4) is 0 Å². The molecule has 0 aromatic heterocycles. The van der Waals surface area contributed by atoms with E-state index in [4.69, 9.17) is 0 Å². The summed E-state index contributed by atoms with van der Waals surface area (Å²) in [6.07, 6.45) is 0. The molecule has 0 N–H and O–H groups in total. The van der Waals surface area contributed by atoms with Gasteiger partial charge >= 0.3 is 111 Å². The van der Waals surface area contributed by atoms with E-state index in [2.05, 4.69) is 71.8 Å². The molecule has 0 unspecified atom stereocenters. The van der Waals surface area contributed by atoms with Crippen LogP contribution < -0.4 is 0 Å². The SMILES string of the molecule is CC[N](C)[Ni]([N](C)CC)([N](C)CC)[N](C)CC. The number of hydrogen-bond donors (Lipinski definition) is 0. The van der Waals surface area contributed by atoms with E-state index in [9.17, 15) is 0 Å². The van der Waals surface area contributed by atoms with E-state index in [1.54, 1.807) is 0 Å². The first-order valence-corrected chi connectivity index (χ1v) is 8.21. The van der Waals surface area contributed by atoms with Crippen LogP contribution >= 0.6 is 0 Å². The summed E-state index contributed by atoms with van der Waals surface area (Å²) in [5.41, 5.74) is 0.